The Bertz CT molecular complexity index is 427. The van der Waals surface area contributed by atoms with Gasteiger partial charge in [0, 0.05) is 5.56 Å². The van der Waals surface area contributed by atoms with Crippen molar-refractivity contribution in [3.8, 4) is 11.4 Å². The van der Waals surface area contributed by atoms with Gasteiger partial charge < -0.3 is 0 Å². The van der Waals surface area contributed by atoms with Crippen molar-refractivity contribution >= 4 is 11.6 Å². The second-order valence-electron chi connectivity index (χ2n) is 2.46. The molecule has 66 valence electrons. The van der Waals surface area contributed by atoms with Crippen molar-refractivity contribution in [2.45, 2.75) is 0 Å². The SMILES string of the molecule is Fc1cccc(-c2n[nH]c(Cl)n2)c1. The standard InChI is InChI=1S/C8H5ClFN3/c9-8-11-7(12-13-8)5-2-1-3-6(10)4-5/h1-4H,(H,11,12,13). The van der Waals surface area contributed by atoms with Crippen LogP contribution in [0.2, 0.25) is 5.28 Å². The maximum Gasteiger partial charge on any atom is 0.218 e. The highest BCUT2D eigenvalue weighted by atomic mass is 35.5. The number of rotatable bonds is 1. The molecule has 0 unspecified atom stereocenters. The second kappa shape index (κ2) is 3.14. The number of aromatic nitrogens is 3. The van der Waals surface area contributed by atoms with Crippen molar-refractivity contribution in [3.05, 3.63) is 35.4 Å². The van der Waals surface area contributed by atoms with Crippen molar-refractivity contribution in [2.75, 3.05) is 0 Å². The van der Waals surface area contributed by atoms with E-state index in [1.807, 2.05) is 0 Å². The van der Waals surface area contributed by atoms with E-state index in [9.17, 15) is 4.39 Å². The highest BCUT2D eigenvalue weighted by Gasteiger charge is 2.04. The summed E-state index contributed by atoms with van der Waals surface area (Å²) in [6.07, 6.45) is 0. The molecule has 2 aromatic rings. The molecule has 0 atom stereocenters. The van der Waals surface area contributed by atoms with Gasteiger partial charge in [0.15, 0.2) is 5.82 Å². The maximum absolute atomic E-state index is 12.8. The van der Waals surface area contributed by atoms with Gasteiger partial charge >= 0.3 is 0 Å². The van der Waals surface area contributed by atoms with Crippen molar-refractivity contribution in [1.29, 1.82) is 0 Å². The third kappa shape index (κ3) is 1.67. The van der Waals surface area contributed by atoms with E-state index in [4.69, 9.17) is 11.6 Å². The summed E-state index contributed by atoms with van der Waals surface area (Å²) in [4.78, 5) is 3.85. The van der Waals surface area contributed by atoms with Crippen LogP contribution in [0.4, 0.5) is 4.39 Å². The van der Waals surface area contributed by atoms with Crippen molar-refractivity contribution in [2.24, 2.45) is 0 Å². The number of halogens is 2. The summed E-state index contributed by atoms with van der Waals surface area (Å²) in [5.41, 5.74) is 0.600. The minimum Gasteiger partial charge on any atom is -0.249 e. The molecule has 0 radical (unpaired) electrons. The molecule has 1 heterocycles. The van der Waals surface area contributed by atoms with Crippen molar-refractivity contribution in [1.82, 2.24) is 15.2 Å². The van der Waals surface area contributed by atoms with Crippen LogP contribution in [-0.4, -0.2) is 15.2 Å². The average Bonchev–Trinajstić information content (AvgIpc) is 2.52. The summed E-state index contributed by atoms with van der Waals surface area (Å²) >= 11 is 5.53. The summed E-state index contributed by atoms with van der Waals surface area (Å²) in [6.45, 7) is 0. The Labute approximate surface area is 78.6 Å². The molecule has 0 fully saturated rings. The van der Waals surface area contributed by atoms with Crippen LogP contribution < -0.4 is 0 Å². The smallest absolute Gasteiger partial charge is 0.218 e. The van der Waals surface area contributed by atoms with Gasteiger partial charge in [-0.25, -0.2) is 9.49 Å². The normalized spacial score (nSPS) is 10.3. The van der Waals surface area contributed by atoms with E-state index in [0.717, 1.165) is 0 Å². The fraction of sp³-hybridized carbons (Fsp3) is 0. The van der Waals surface area contributed by atoms with Crippen LogP contribution in [0.3, 0.4) is 0 Å². The lowest BCUT2D eigenvalue weighted by Gasteiger charge is -1.93. The molecule has 1 aromatic carbocycles. The van der Waals surface area contributed by atoms with Crippen LogP contribution >= 0.6 is 11.6 Å². The molecule has 0 saturated carbocycles. The Morgan fingerprint density at radius 1 is 1.38 bits per heavy atom. The van der Waals surface area contributed by atoms with Crippen LogP contribution in [-0.2, 0) is 0 Å². The third-order valence-corrected chi connectivity index (χ3v) is 1.71. The molecule has 0 spiro atoms. The molecule has 2 rings (SSSR count). The number of hydrogen-bond acceptors (Lipinski definition) is 2. The number of nitrogens with one attached hydrogen (secondary N) is 1. The molecule has 13 heavy (non-hydrogen) atoms. The van der Waals surface area contributed by atoms with Gasteiger partial charge in [0.2, 0.25) is 5.28 Å². The molecule has 0 aliphatic carbocycles. The van der Waals surface area contributed by atoms with Gasteiger partial charge in [0.1, 0.15) is 5.82 Å². The van der Waals surface area contributed by atoms with Gasteiger partial charge in [0.05, 0.1) is 0 Å². The zero-order valence-electron chi connectivity index (χ0n) is 6.46. The molecule has 0 aliphatic rings. The van der Waals surface area contributed by atoms with E-state index in [-0.39, 0.29) is 11.1 Å². The first-order valence-electron chi connectivity index (χ1n) is 3.59. The highest BCUT2D eigenvalue weighted by molar-refractivity contribution is 6.28. The molecular weight excluding hydrogens is 193 g/mol. The largest absolute Gasteiger partial charge is 0.249 e. The molecular formula is C8H5ClFN3. The minimum absolute atomic E-state index is 0.194. The molecule has 5 heteroatoms. The van der Waals surface area contributed by atoms with Crippen LogP contribution in [0.15, 0.2) is 24.3 Å². The molecule has 0 amide bonds. The van der Waals surface area contributed by atoms with Gasteiger partial charge in [0.25, 0.3) is 0 Å². The number of H-pyrrole nitrogens is 1. The van der Waals surface area contributed by atoms with Crippen molar-refractivity contribution < 1.29 is 4.39 Å². The molecule has 0 aliphatic heterocycles. The number of hydrogen-bond donors (Lipinski definition) is 1. The van der Waals surface area contributed by atoms with Crippen LogP contribution in [0.25, 0.3) is 11.4 Å². The van der Waals surface area contributed by atoms with Crippen LogP contribution in [0, 0.1) is 5.82 Å². The average molecular weight is 198 g/mol. The van der Waals surface area contributed by atoms with Gasteiger partial charge in [-0.15, -0.1) is 0 Å². The van der Waals surface area contributed by atoms with Gasteiger partial charge in [-0.05, 0) is 23.7 Å². The van der Waals surface area contributed by atoms with E-state index < -0.39 is 0 Å². The summed E-state index contributed by atoms with van der Waals surface area (Å²) < 4.78 is 12.8. The molecule has 1 aromatic heterocycles. The summed E-state index contributed by atoms with van der Waals surface area (Å²) in [5.74, 6) is 0.0722. The Kier molecular flexibility index (Phi) is 1.98. The van der Waals surface area contributed by atoms with Crippen molar-refractivity contribution in [3.63, 3.8) is 0 Å². The van der Waals surface area contributed by atoms with E-state index in [1.54, 1.807) is 12.1 Å². The lowest BCUT2D eigenvalue weighted by Crippen LogP contribution is -1.81. The first-order chi connectivity index (χ1) is 6.25. The van der Waals surface area contributed by atoms with E-state index in [0.29, 0.717) is 11.4 Å². The zero-order chi connectivity index (χ0) is 9.26. The minimum atomic E-state index is -0.321. The monoisotopic (exact) mass is 197 g/mol. The third-order valence-electron chi connectivity index (χ3n) is 1.54. The second-order valence-corrected chi connectivity index (χ2v) is 2.82. The van der Waals surface area contributed by atoms with Gasteiger partial charge in [-0.2, -0.15) is 10.1 Å². The first-order valence-corrected chi connectivity index (χ1v) is 3.97. The van der Waals surface area contributed by atoms with Crippen LogP contribution in [0.1, 0.15) is 0 Å². The Hall–Kier alpha value is -1.42. The summed E-state index contributed by atoms with van der Waals surface area (Å²) in [5, 5.41) is 6.45. The fourth-order valence-electron chi connectivity index (χ4n) is 0.999. The molecule has 3 nitrogen and oxygen atoms in total. The maximum atomic E-state index is 12.8. The Balaban J connectivity index is 2.46. The van der Waals surface area contributed by atoms with Crippen LogP contribution in [0.5, 0.6) is 0 Å². The molecule has 0 saturated heterocycles. The topological polar surface area (TPSA) is 41.6 Å². The first kappa shape index (κ1) is 8.19. The predicted octanol–water partition coefficient (Wildman–Crippen LogP) is 2.26. The van der Waals surface area contributed by atoms with E-state index in [1.165, 1.54) is 12.1 Å². The Morgan fingerprint density at radius 3 is 2.85 bits per heavy atom. The number of nitrogens with zero attached hydrogens (tertiary/aromatic N) is 2. The summed E-state index contributed by atoms with van der Waals surface area (Å²) in [7, 11) is 0. The molecule has 0 bridgehead atoms. The summed E-state index contributed by atoms with van der Waals surface area (Å²) in [6, 6.07) is 6.01. The van der Waals surface area contributed by atoms with Gasteiger partial charge in [-0.1, -0.05) is 12.1 Å². The number of aromatic amines is 1. The predicted molar refractivity (Wildman–Crippen MR) is 46.8 cm³/mol. The molecule has 1 N–H and O–H groups in total. The van der Waals surface area contributed by atoms with Gasteiger partial charge in [-0.3, -0.25) is 0 Å². The number of benzene rings is 1. The lowest BCUT2D eigenvalue weighted by molar-refractivity contribution is 0.628. The fourth-order valence-corrected chi connectivity index (χ4v) is 1.12. The quantitative estimate of drug-likeness (QED) is 0.762. The Morgan fingerprint density at radius 2 is 2.23 bits per heavy atom. The highest BCUT2D eigenvalue weighted by Crippen LogP contribution is 2.16. The van der Waals surface area contributed by atoms with E-state index >= 15 is 0 Å². The zero-order valence-corrected chi connectivity index (χ0v) is 7.22. The van der Waals surface area contributed by atoms with E-state index in [2.05, 4.69) is 15.2 Å². The lowest BCUT2D eigenvalue weighted by atomic mass is 10.2.